The Balaban J connectivity index is 1.09. The third-order valence-electron chi connectivity index (χ3n) is 11.0. The molecule has 1 aliphatic heterocycles. The molecule has 0 aliphatic carbocycles. The van der Waals surface area contributed by atoms with E-state index < -0.39 is 12.1 Å². The number of carboxylic acids is 1. The molecule has 0 unspecified atom stereocenters. The number of hydrogen-bond donors (Lipinski definition) is 1. The number of pyridine rings is 1. The first-order valence-electron chi connectivity index (χ1n) is 20.4. The highest BCUT2D eigenvalue weighted by Gasteiger charge is 2.28. The molecule has 0 radical (unpaired) electrons. The van der Waals surface area contributed by atoms with E-state index in [1.54, 1.807) is 49.8 Å². The number of carboxylic acid groups (broad SMARTS) is 1. The second-order valence-corrected chi connectivity index (χ2v) is 16.2. The summed E-state index contributed by atoms with van der Waals surface area (Å²) in [6.07, 6.45) is 1.96. The summed E-state index contributed by atoms with van der Waals surface area (Å²) in [5.74, 6) is 1.12. The smallest absolute Gasteiger partial charge is 0.345 e. The van der Waals surface area contributed by atoms with Crippen LogP contribution in [-0.4, -0.2) is 99.8 Å². The summed E-state index contributed by atoms with van der Waals surface area (Å²) in [4.78, 5) is 31.8. The van der Waals surface area contributed by atoms with Crippen molar-refractivity contribution in [3.63, 3.8) is 0 Å². The predicted molar refractivity (Wildman–Crippen MR) is 243 cm³/mol. The lowest BCUT2D eigenvalue weighted by Gasteiger charge is -2.32. The Kier molecular flexibility index (Phi) is 13.4. The second-order valence-electron chi connectivity index (χ2n) is 15.1. The zero-order chi connectivity index (χ0) is 43.9. The number of piperazine rings is 1. The summed E-state index contributed by atoms with van der Waals surface area (Å²) < 4.78 is 29.8. The minimum Gasteiger partial charge on any atom is -0.496 e. The van der Waals surface area contributed by atoms with Crippen molar-refractivity contribution >= 4 is 39.2 Å². The SMILES string of the molecule is COc1ccccc1-c1nccc(COc2ccccc2C[C@@H](Oc2nsc3cnc(-c4cccc(C#N)c4)c(-c4ccc(OCCN5CCN(C)CC5)c(Cl)c4C)c23)C(=O)O)n1. The van der Waals surface area contributed by atoms with E-state index in [9.17, 15) is 15.2 Å². The van der Waals surface area contributed by atoms with Crippen molar-refractivity contribution in [1.29, 1.82) is 5.26 Å². The van der Waals surface area contributed by atoms with Gasteiger partial charge in [-0.1, -0.05) is 60.1 Å². The standard InChI is InChI=1S/C48H44ClN7O6S/c1-30-35(15-16-39(44(30)49)60-24-23-56-21-19-55(2)20-22-56)42-43-41(28-52-45(42)33-11-8-9-31(25-33)27-50)63-54-47(43)62-40(48(57)58)26-32-10-4-6-13-37(32)61-29-34-17-18-51-46(53-34)36-12-5-7-14-38(36)59-3/h4-18,25,28,40H,19-24,26,29H2,1-3H3,(H,57,58)/t40-/m1/s1. The molecule has 4 aromatic carbocycles. The molecule has 63 heavy (non-hydrogen) atoms. The fourth-order valence-electron chi connectivity index (χ4n) is 7.52. The van der Waals surface area contributed by atoms with Gasteiger partial charge in [0, 0.05) is 62.7 Å². The Labute approximate surface area is 374 Å². The summed E-state index contributed by atoms with van der Waals surface area (Å²) in [5, 5.41) is 21.5. The number of para-hydroxylation sites is 2. The monoisotopic (exact) mass is 881 g/mol. The van der Waals surface area contributed by atoms with Crippen LogP contribution in [0.15, 0.2) is 103 Å². The van der Waals surface area contributed by atoms with Crippen molar-refractivity contribution in [1.82, 2.24) is 29.1 Å². The lowest BCUT2D eigenvalue weighted by Crippen LogP contribution is -2.45. The highest BCUT2D eigenvalue weighted by Crippen LogP contribution is 2.46. The van der Waals surface area contributed by atoms with Crippen LogP contribution in [0.25, 0.3) is 43.9 Å². The van der Waals surface area contributed by atoms with E-state index in [-0.39, 0.29) is 18.9 Å². The number of aliphatic carboxylic acids is 1. The zero-order valence-corrected chi connectivity index (χ0v) is 36.5. The van der Waals surface area contributed by atoms with Crippen LogP contribution in [-0.2, 0) is 17.8 Å². The van der Waals surface area contributed by atoms with Gasteiger partial charge in [-0.25, -0.2) is 14.8 Å². The van der Waals surface area contributed by atoms with Gasteiger partial charge in [-0.2, -0.15) is 9.64 Å². The van der Waals surface area contributed by atoms with Crippen molar-refractivity contribution in [2.45, 2.75) is 26.1 Å². The fourth-order valence-corrected chi connectivity index (χ4v) is 8.44. The van der Waals surface area contributed by atoms with Crippen LogP contribution in [0.3, 0.4) is 0 Å². The van der Waals surface area contributed by atoms with Crippen LogP contribution in [0.1, 0.15) is 22.4 Å². The Bertz CT molecular complexity index is 2810. The number of methoxy groups -OCH3 is 1. The third kappa shape index (κ3) is 9.72. The molecule has 13 nitrogen and oxygen atoms in total. The number of ether oxygens (including phenoxy) is 4. The number of nitriles is 1. The van der Waals surface area contributed by atoms with Gasteiger partial charge in [0.25, 0.3) is 0 Å². The molecule has 4 heterocycles. The van der Waals surface area contributed by atoms with Crippen LogP contribution >= 0.6 is 23.1 Å². The molecule has 0 amide bonds. The molecule has 7 aromatic rings. The molecule has 1 saturated heterocycles. The van der Waals surface area contributed by atoms with Gasteiger partial charge in [0.05, 0.1) is 50.8 Å². The van der Waals surface area contributed by atoms with Crippen LogP contribution < -0.4 is 18.9 Å². The average molecular weight is 882 g/mol. The minimum absolute atomic E-state index is 0.0384. The van der Waals surface area contributed by atoms with Crippen molar-refractivity contribution in [3.8, 4) is 63.0 Å². The quantitative estimate of drug-likeness (QED) is 0.0986. The highest BCUT2D eigenvalue weighted by molar-refractivity contribution is 7.13. The van der Waals surface area contributed by atoms with Crippen LogP contribution in [0.5, 0.6) is 23.1 Å². The fraction of sp³-hybridized carbons (Fsp3) is 0.250. The van der Waals surface area contributed by atoms with E-state index in [1.807, 2.05) is 67.6 Å². The average Bonchev–Trinajstić information content (AvgIpc) is 3.73. The van der Waals surface area contributed by atoms with Crippen LogP contribution in [0.2, 0.25) is 5.02 Å². The normalized spacial score (nSPS) is 13.6. The second kappa shape index (κ2) is 19.6. The van der Waals surface area contributed by atoms with Crippen LogP contribution in [0.4, 0.5) is 0 Å². The number of carbonyl (C=O) groups is 1. The summed E-state index contributed by atoms with van der Waals surface area (Å²) >= 11 is 8.24. The van der Waals surface area contributed by atoms with Gasteiger partial charge in [-0.15, -0.1) is 0 Å². The van der Waals surface area contributed by atoms with E-state index in [0.717, 1.165) is 60.9 Å². The molecule has 1 aliphatic rings. The van der Waals surface area contributed by atoms with Gasteiger partial charge in [0.15, 0.2) is 5.82 Å². The van der Waals surface area contributed by atoms with Gasteiger partial charge in [0.1, 0.15) is 30.5 Å². The van der Waals surface area contributed by atoms with E-state index >= 15 is 0 Å². The number of hydrogen-bond acceptors (Lipinski definition) is 13. The number of rotatable bonds is 16. The van der Waals surface area contributed by atoms with Gasteiger partial charge in [-0.3, -0.25) is 9.88 Å². The third-order valence-corrected chi connectivity index (χ3v) is 12.2. The highest BCUT2D eigenvalue weighted by atomic mass is 35.5. The molecule has 0 bridgehead atoms. The van der Waals surface area contributed by atoms with Crippen molar-refractivity contribution in [3.05, 3.63) is 131 Å². The number of benzene rings is 4. The Morgan fingerprint density at radius 1 is 0.937 bits per heavy atom. The molecule has 0 spiro atoms. The molecule has 320 valence electrons. The van der Waals surface area contributed by atoms with Crippen LogP contribution in [0, 0.1) is 18.3 Å². The molecule has 0 saturated carbocycles. The molecule has 3 aromatic heterocycles. The Morgan fingerprint density at radius 3 is 2.52 bits per heavy atom. The number of aromatic nitrogens is 4. The number of halogens is 1. The largest absolute Gasteiger partial charge is 0.496 e. The Morgan fingerprint density at radius 2 is 1.73 bits per heavy atom. The van der Waals surface area contributed by atoms with E-state index in [1.165, 1.54) is 0 Å². The summed E-state index contributed by atoms with van der Waals surface area (Å²) in [6.45, 7) is 7.28. The number of fused-ring (bicyclic) bond motifs is 1. The molecular weight excluding hydrogens is 838 g/mol. The van der Waals surface area contributed by atoms with E-state index in [0.29, 0.717) is 78.4 Å². The number of likely N-dealkylation sites (N-methyl/N-ethyl adjacent to an activating group) is 1. The Hall–Kier alpha value is -6.63. The van der Waals surface area contributed by atoms with Crippen molar-refractivity contribution in [2.24, 2.45) is 0 Å². The maximum atomic E-state index is 13.0. The molecular formula is C48H44ClN7O6S. The first kappa shape index (κ1) is 43.0. The van der Waals surface area contributed by atoms with Gasteiger partial charge < -0.3 is 29.0 Å². The first-order chi connectivity index (χ1) is 30.7. The predicted octanol–water partition coefficient (Wildman–Crippen LogP) is 8.60. The summed E-state index contributed by atoms with van der Waals surface area (Å²) in [5.41, 5.74) is 5.79. The number of nitrogens with zero attached hydrogens (tertiary/aromatic N) is 7. The van der Waals surface area contributed by atoms with E-state index in [4.69, 9.17) is 40.5 Å². The van der Waals surface area contributed by atoms with Crippen molar-refractivity contribution < 1.29 is 28.8 Å². The van der Waals surface area contributed by atoms with Gasteiger partial charge in [-0.05, 0) is 84.7 Å². The molecule has 8 rings (SSSR count). The molecule has 1 N–H and O–H groups in total. The maximum Gasteiger partial charge on any atom is 0.345 e. The minimum atomic E-state index is -1.36. The maximum absolute atomic E-state index is 13.0. The van der Waals surface area contributed by atoms with Gasteiger partial charge >= 0.3 is 5.97 Å². The zero-order valence-electron chi connectivity index (χ0n) is 35.0. The van der Waals surface area contributed by atoms with Crippen molar-refractivity contribution in [2.75, 3.05) is 53.5 Å². The molecule has 15 heteroatoms. The summed E-state index contributed by atoms with van der Waals surface area (Å²) in [7, 11) is 3.73. The van der Waals surface area contributed by atoms with Gasteiger partial charge in [0.2, 0.25) is 12.0 Å². The molecule has 1 fully saturated rings. The molecule has 1 atom stereocenters. The lowest BCUT2D eigenvalue weighted by molar-refractivity contribution is -0.145. The summed E-state index contributed by atoms with van der Waals surface area (Å²) in [6, 6.07) is 29.7. The van der Waals surface area contributed by atoms with E-state index in [2.05, 4.69) is 32.3 Å². The first-order valence-corrected chi connectivity index (χ1v) is 21.5. The lowest BCUT2D eigenvalue weighted by atomic mass is 9.93. The topological polar surface area (TPSA) is 156 Å².